The molecule has 6 nitrogen and oxygen atoms in total. The fourth-order valence-corrected chi connectivity index (χ4v) is 1.66. The van der Waals surface area contributed by atoms with Gasteiger partial charge in [-0.2, -0.15) is 0 Å². The molecular formula is C12H11ClN4O2. The van der Waals surface area contributed by atoms with E-state index in [2.05, 4.69) is 15.3 Å². The Morgan fingerprint density at radius 2 is 2.11 bits per heavy atom. The van der Waals surface area contributed by atoms with E-state index in [1.807, 2.05) is 12.1 Å². The molecule has 98 valence electrons. The van der Waals surface area contributed by atoms with E-state index in [4.69, 9.17) is 22.1 Å². The van der Waals surface area contributed by atoms with E-state index in [0.29, 0.717) is 17.3 Å². The van der Waals surface area contributed by atoms with Crippen molar-refractivity contribution < 1.29 is 9.53 Å². The number of halogens is 1. The van der Waals surface area contributed by atoms with Crippen molar-refractivity contribution >= 4 is 29.0 Å². The number of carbonyl (C=O) groups is 1. The topological polar surface area (TPSA) is 90.1 Å². The Kier molecular flexibility index (Phi) is 3.82. The highest BCUT2D eigenvalue weighted by atomic mass is 35.5. The molecule has 0 spiro atoms. The normalized spacial score (nSPS) is 10.0. The second-order valence-electron chi connectivity index (χ2n) is 3.59. The maximum atomic E-state index is 11.1. The van der Waals surface area contributed by atoms with Crippen molar-refractivity contribution in [3.63, 3.8) is 0 Å². The van der Waals surface area contributed by atoms with Crippen molar-refractivity contribution in [2.24, 2.45) is 5.73 Å². The smallest absolute Gasteiger partial charge is 0.286 e. The molecule has 7 heteroatoms. The molecule has 0 aliphatic carbocycles. The van der Waals surface area contributed by atoms with Crippen LogP contribution >= 0.6 is 11.6 Å². The molecule has 1 aromatic heterocycles. The van der Waals surface area contributed by atoms with Crippen molar-refractivity contribution in [3.05, 3.63) is 41.3 Å². The van der Waals surface area contributed by atoms with E-state index in [-0.39, 0.29) is 11.0 Å². The zero-order chi connectivity index (χ0) is 13.8. The van der Waals surface area contributed by atoms with Crippen LogP contribution in [0.4, 0.5) is 11.5 Å². The van der Waals surface area contributed by atoms with Gasteiger partial charge in [-0.05, 0) is 12.1 Å². The summed E-state index contributed by atoms with van der Waals surface area (Å²) in [5, 5.41) is 3.12. The van der Waals surface area contributed by atoms with Crippen molar-refractivity contribution in [2.75, 3.05) is 12.4 Å². The molecule has 0 fully saturated rings. The van der Waals surface area contributed by atoms with Crippen LogP contribution in [-0.2, 0) is 0 Å². The number of nitrogens with one attached hydrogen (secondary N) is 1. The van der Waals surface area contributed by atoms with Gasteiger partial charge in [0.15, 0.2) is 0 Å². The number of rotatable bonds is 4. The van der Waals surface area contributed by atoms with Crippen LogP contribution in [0.3, 0.4) is 0 Å². The van der Waals surface area contributed by atoms with Gasteiger partial charge in [0.25, 0.3) is 5.91 Å². The van der Waals surface area contributed by atoms with Crippen molar-refractivity contribution in [2.45, 2.75) is 0 Å². The second-order valence-corrected chi connectivity index (χ2v) is 3.98. The zero-order valence-electron chi connectivity index (χ0n) is 10.1. The third kappa shape index (κ3) is 3.11. The van der Waals surface area contributed by atoms with Crippen molar-refractivity contribution in [3.8, 4) is 5.75 Å². The van der Waals surface area contributed by atoms with Crippen LogP contribution in [0.25, 0.3) is 0 Å². The van der Waals surface area contributed by atoms with Gasteiger partial charge in [-0.3, -0.25) is 4.79 Å². The van der Waals surface area contributed by atoms with Crippen LogP contribution in [-0.4, -0.2) is 23.0 Å². The first kappa shape index (κ1) is 13.1. The van der Waals surface area contributed by atoms with Crippen molar-refractivity contribution in [1.29, 1.82) is 0 Å². The number of primary amides is 1. The standard InChI is InChI=1S/C12H11ClN4O2/c1-19-8-5-3-2-4-7(8)15-10-6-9(13)16-12(17-10)11(14)18/h2-6H,1H3,(H2,14,18)(H,15,16,17). The SMILES string of the molecule is COc1ccccc1Nc1cc(Cl)nc(C(N)=O)n1. The highest BCUT2D eigenvalue weighted by Crippen LogP contribution is 2.26. The number of ether oxygens (including phenoxy) is 1. The maximum absolute atomic E-state index is 11.1. The molecular weight excluding hydrogens is 268 g/mol. The number of anilines is 2. The molecule has 2 rings (SSSR count). The summed E-state index contributed by atoms with van der Waals surface area (Å²) in [5.41, 5.74) is 5.82. The molecule has 0 bridgehead atoms. The summed E-state index contributed by atoms with van der Waals surface area (Å²) in [6, 6.07) is 8.76. The molecule has 3 N–H and O–H groups in total. The number of amides is 1. The number of benzene rings is 1. The average molecular weight is 279 g/mol. The second kappa shape index (κ2) is 5.53. The number of carbonyl (C=O) groups excluding carboxylic acids is 1. The first-order valence-corrected chi connectivity index (χ1v) is 5.72. The third-order valence-corrected chi connectivity index (χ3v) is 2.48. The molecule has 0 aliphatic heterocycles. The van der Waals surface area contributed by atoms with Crippen LogP contribution in [0.1, 0.15) is 10.6 Å². The maximum Gasteiger partial charge on any atom is 0.286 e. The van der Waals surface area contributed by atoms with Crippen LogP contribution in [0, 0.1) is 0 Å². The number of hydrogen-bond donors (Lipinski definition) is 2. The first-order chi connectivity index (χ1) is 9.10. The van der Waals surface area contributed by atoms with E-state index in [1.54, 1.807) is 19.2 Å². The lowest BCUT2D eigenvalue weighted by Gasteiger charge is -2.10. The Labute approximate surface area is 114 Å². The molecule has 0 aliphatic rings. The number of hydrogen-bond acceptors (Lipinski definition) is 5. The summed E-state index contributed by atoms with van der Waals surface area (Å²) >= 11 is 5.80. The highest BCUT2D eigenvalue weighted by Gasteiger charge is 2.09. The molecule has 0 atom stereocenters. The Morgan fingerprint density at radius 3 is 2.79 bits per heavy atom. The summed E-state index contributed by atoms with van der Waals surface area (Å²) in [4.78, 5) is 18.8. The Hall–Kier alpha value is -2.34. The van der Waals surface area contributed by atoms with E-state index in [1.165, 1.54) is 6.07 Å². The van der Waals surface area contributed by atoms with Crippen LogP contribution < -0.4 is 15.8 Å². The Bertz CT molecular complexity index is 618. The molecule has 2 aromatic rings. The first-order valence-electron chi connectivity index (χ1n) is 5.34. The van der Waals surface area contributed by atoms with Gasteiger partial charge in [0, 0.05) is 6.07 Å². The minimum atomic E-state index is -0.745. The molecule has 0 saturated carbocycles. The monoisotopic (exact) mass is 278 g/mol. The average Bonchev–Trinajstić information content (AvgIpc) is 2.38. The van der Waals surface area contributed by atoms with Gasteiger partial charge in [0.05, 0.1) is 12.8 Å². The lowest BCUT2D eigenvalue weighted by molar-refractivity contribution is 0.0990. The van der Waals surface area contributed by atoms with Gasteiger partial charge in [-0.1, -0.05) is 23.7 Å². The predicted molar refractivity (Wildman–Crippen MR) is 71.8 cm³/mol. The van der Waals surface area contributed by atoms with Gasteiger partial charge in [-0.15, -0.1) is 0 Å². The van der Waals surface area contributed by atoms with Gasteiger partial charge in [-0.25, -0.2) is 9.97 Å². The number of aromatic nitrogens is 2. The lowest BCUT2D eigenvalue weighted by atomic mass is 10.3. The summed E-state index contributed by atoms with van der Waals surface area (Å²) in [7, 11) is 1.56. The van der Waals surface area contributed by atoms with E-state index < -0.39 is 5.91 Å². The van der Waals surface area contributed by atoms with E-state index >= 15 is 0 Å². The molecule has 1 amide bonds. The van der Waals surface area contributed by atoms with Gasteiger partial charge < -0.3 is 15.8 Å². The minimum Gasteiger partial charge on any atom is -0.495 e. The molecule has 0 saturated heterocycles. The molecule has 0 radical (unpaired) electrons. The molecule has 0 unspecified atom stereocenters. The van der Waals surface area contributed by atoms with E-state index in [9.17, 15) is 4.79 Å². The largest absolute Gasteiger partial charge is 0.495 e. The fraction of sp³-hybridized carbons (Fsp3) is 0.0833. The van der Waals surface area contributed by atoms with E-state index in [0.717, 1.165) is 0 Å². The van der Waals surface area contributed by atoms with Gasteiger partial charge in [0.1, 0.15) is 16.7 Å². The van der Waals surface area contributed by atoms with Crippen LogP contribution in [0.5, 0.6) is 5.75 Å². The minimum absolute atomic E-state index is 0.126. The summed E-state index contributed by atoms with van der Waals surface area (Å²) in [6.45, 7) is 0. The number of nitrogens with two attached hydrogens (primary N) is 1. The molecule has 1 aromatic carbocycles. The van der Waals surface area contributed by atoms with Gasteiger partial charge in [0.2, 0.25) is 5.82 Å². The summed E-state index contributed by atoms with van der Waals surface area (Å²) in [6.07, 6.45) is 0. The predicted octanol–water partition coefficient (Wildman–Crippen LogP) is 1.98. The Morgan fingerprint density at radius 1 is 1.37 bits per heavy atom. The number of para-hydroxylation sites is 2. The zero-order valence-corrected chi connectivity index (χ0v) is 10.8. The highest BCUT2D eigenvalue weighted by molar-refractivity contribution is 6.29. The van der Waals surface area contributed by atoms with Crippen LogP contribution in [0.15, 0.2) is 30.3 Å². The quantitative estimate of drug-likeness (QED) is 0.835. The third-order valence-electron chi connectivity index (χ3n) is 2.28. The van der Waals surface area contributed by atoms with Gasteiger partial charge >= 0.3 is 0 Å². The summed E-state index contributed by atoms with van der Waals surface area (Å²) in [5.74, 6) is 0.103. The number of methoxy groups -OCH3 is 1. The number of nitrogens with zero attached hydrogens (tertiary/aromatic N) is 2. The van der Waals surface area contributed by atoms with Crippen LogP contribution in [0.2, 0.25) is 5.15 Å². The Balaban J connectivity index is 2.35. The lowest BCUT2D eigenvalue weighted by Crippen LogP contribution is -2.16. The fourth-order valence-electron chi connectivity index (χ4n) is 1.48. The molecule has 1 heterocycles. The molecule has 19 heavy (non-hydrogen) atoms. The summed E-state index contributed by atoms with van der Waals surface area (Å²) < 4.78 is 5.19. The van der Waals surface area contributed by atoms with Crippen molar-refractivity contribution in [1.82, 2.24) is 9.97 Å².